The Morgan fingerprint density at radius 1 is 1.42 bits per heavy atom. The Hall–Kier alpha value is -0.890. The molecule has 0 radical (unpaired) electrons. The molecule has 0 unspecified atom stereocenters. The second-order valence-corrected chi connectivity index (χ2v) is 3.27. The molecule has 0 aromatic rings. The summed E-state index contributed by atoms with van der Waals surface area (Å²) in [5, 5.41) is 0. The summed E-state index contributed by atoms with van der Waals surface area (Å²) >= 11 is 0. The predicted molar refractivity (Wildman–Crippen MR) is 49.5 cm³/mol. The number of hydrogen-bond acceptors (Lipinski definition) is 1. The fraction of sp³-hybridized carbons (Fsp3) is 0.400. The Balaban J connectivity index is 2.35. The van der Waals surface area contributed by atoms with Gasteiger partial charge in [0.15, 0.2) is 0 Å². The first-order valence-electron chi connectivity index (χ1n) is 3.99. The fourth-order valence-electron chi connectivity index (χ4n) is 1.27. The maximum absolute atomic E-state index is 12.2. The Morgan fingerprint density at radius 2 is 2.00 bits per heavy atom. The van der Waals surface area contributed by atoms with Gasteiger partial charge in [-0.1, -0.05) is 19.2 Å². The van der Waals surface area contributed by atoms with Gasteiger partial charge in [-0.25, -0.2) is 4.39 Å². The van der Waals surface area contributed by atoms with Crippen LogP contribution >= 0.6 is 0 Å². The molecule has 66 valence electrons. The molecule has 0 atom stereocenters. The van der Waals surface area contributed by atoms with E-state index >= 15 is 0 Å². The molecule has 1 fully saturated rings. The molecule has 0 N–H and O–H groups in total. The van der Waals surface area contributed by atoms with Crippen molar-refractivity contribution in [3.63, 3.8) is 0 Å². The van der Waals surface area contributed by atoms with Crippen molar-refractivity contribution in [3.8, 4) is 0 Å². The molecule has 1 aliphatic heterocycles. The highest BCUT2D eigenvalue weighted by molar-refractivity contribution is 5.25. The molecule has 1 rings (SSSR count). The maximum Gasteiger partial charge on any atom is 0.116 e. The molecule has 1 heterocycles. The Kier molecular flexibility index (Phi) is 2.82. The summed E-state index contributed by atoms with van der Waals surface area (Å²) in [6, 6.07) is 0. The molecule has 0 aromatic carbocycles. The van der Waals surface area contributed by atoms with Gasteiger partial charge in [0.2, 0.25) is 0 Å². The van der Waals surface area contributed by atoms with E-state index in [0.717, 1.165) is 18.7 Å². The summed E-state index contributed by atoms with van der Waals surface area (Å²) in [6.45, 7) is 9.06. The van der Waals surface area contributed by atoms with E-state index in [1.165, 1.54) is 6.08 Å². The van der Waals surface area contributed by atoms with Crippen LogP contribution in [0, 0.1) is 5.92 Å². The Morgan fingerprint density at radius 3 is 2.42 bits per heavy atom. The molecule has 1 saturated heterocycles. The lowest BCUT2D eigenvalue weighted by Gasteiger charge is -2.36. The topological polar surface area (TPSA) is 3.24 Å². The number of allylic oxidation sites excluding steroid dienone is 3. The van der Waals surface area contributed by atoms with E-state index in [2.05, 4.69) is 25.1 Å². The first kappa shape index (κ1) is 9.20. The molecule has 1 nitrogen and oxygen atoms in total. The van der Waals surface area contributed by atoms with Gasteiger partial charge in [-0.15, -0.1) is 0 Å². The van der Waals surface area contributed by atoms with Crippen molar-refractivity contribution in [1.82, 2.24) is 4.90 Å². The average molecular weight is 167 g/mol. The van der Waals surface area contributed by atoms with Gasteiger partial charge in [0.25, 0.3) is 0 Å². The fourth-order valence-corrected chi connectivity index (χ4v) is 1.27. The van der Waals surface area contributed by atoms with Crippen LogP contribution in [-0.2, 0) is 0 Å². The zero-order valence-electron chi connectivity index (χ0n) is 7.39. The van der Waals surface area contributed by atoms with Crippen molar-refractivity contribution in [1.29, 1.82) is 0 Å². The van der Waals surface area contributed by atoms with Crippen LogP contribution in [-0.4, -0.2) is 25.0 Å². The van der Waals surface area contributed by atoms with Crippen molar-refractivity contribution in [2.24, 2.45) is 5.92 Å². The molecular formula is C10H14FN. The number of halogens is 1. The minimum absolute atomic E-state index is 0.413. The van der Waals surface area contributed by atoms with E-state index in [1.807, 2.05) is 0 Å². The molecule has 1 aliphatic rings. The maximum atomic E-state index is 12.2. The highest BCUT2D eigenvalue weighted by Gasteiger charge is 2.23. The van der Waals surface area contributed by atoms with Crippen LogP contribution in [0.15, 0.2) is 36.7 Å². The van der Waals surface area contributed by atoms with E-state index in [1.54, 1.807) is 6.08 Å². The van der Waals surface area contributed by atoms with E-state index in [4.69, 9.17) is 0 Å². The van der Waals surface area contributed by atoms with Gasteiger partial charge >= 0.3 is 0 Å². The van der Waals surface area contributed by atoms with Crippen LogP contribution < -0.4 is 0 Å². The van der Waals surface area contributed by atoms with Crippen LogP contribution in [0.5, 0.6) is 0 Å². The highest BCUT2D eigenvalue weighted by Crippen LogP contribution is 2.21. The molecule has 2 heteroatoms. The van der Waals surface area contributed by atoms with Crippen LogP contribution in [0.4, 0.5) is 4.39 Å². The third kappa shape index (κ3) is 2.31. The standard InChI is InChI=1S/C10H14FN/c1-8(4-5-9(2)11)10-6-12(3)7-10/h4-5,10H,1-2,6-7H2,3H3/b5-4-. The molecule has 0 bridgehead atoms. The summed E-state index contributed by atoms with van der Waals surface area (Å²) in [6.07, 6.45) is 3.07. The van der Waals surface area contributed by atoms with Crippen molar-refractivity contribution in [2.75, 3.05) is 20.1 Å². The van der Waals surface area contributed by atoms with Gasteiger partial charge in [-0.3, -0.25) is 0 Å². The van der Waals surface area contributed by atoms with Gasteiger partial charge in [-0.2, -0.15) is 0 Å². The highest BCUT2D eigenvalue weighted by atomic mass is 19.1. The molecule has 0 aliphatic carbocycles. The molecule has 0 spiro atoms. The largest absolute Gasteiger partial charge is 0.305 e. The summed E-state index contributed by atoms with van der Waals surface area (Å²) in [5.74, 6) is 0.0921. The van der Waals surface area contributed by atoms with Crippen LogP contribution in [0.3, 0.4) is 0 Å². The number of nitrogens with zero attached hydrogens (tertiary/aromatic N) is 1. The van der Waals surface area contributed by atoms with Crippen LogP contribution in [0.25, 0.3) is 0 Å². The normalized spacial score (nSPS) is 19.5. The lowest BCUT2D eigenvalue weighted by Crippen LogP contribution is -2.44. The lowest BCUT2D eigenvalue weighted by molar-refractivity contribution is 0.164. The van der Waals surface area contributed by atoms with Crippen LogP contribution in [0.2, 0.25) is 0 Å². The number of rotatable bonds is 3. The third-order valence-electron chi connectivity index (χ3n) is 2.07. The minimum atomic E-state index is -0.413. The second kappa shape index (κ2) is 3.68. The third-order valence-corrected chi connectivity index (χ3v) is 2.07. The summed E-state index contributed by atoms with van der Waals surface area (Å²) in [4.78, 5) is 2.20. The average Bonchev–Trinajstić information content (AvgIpc) is 1.94. The summed E-state index contributed by atoms with van der Waals surface area (Å²) < 4.78 is 12.2. The first-order chi connectivity index (χ1) is 5.59. The van der Waals surface area contributed by atoms with Gasteiger partial charge in [0, 0.05) is 19.0 Å². The Bertz CT molecular complexity index is 224. The molecule has 0 amide bonds. The first-order valence-corrected chi connectivity index (χ1v) is 3.99. The zero-order valence-corrected chi connectivity index (χ0v) is 7.39. The van der Waals surface area contributed by atoms with Gasteiger partial charge < -0.3 is 4.90 Å². The molecule has 0 aromatic heterocycles. The SMILES string of the molecule is C=C(F)/C=C\C(=C)C1CN(C)C1. The van der Waals surface area contributed by atoms with Crippen molar-refractivity contribution in [2.45, 2.75) is 0 Å². The molecular weight excluding hydrogens is 153 g/mol. The Labute approximate surface area is 72.9 Å². The van der Waals surface area contributed by atoms with Gasteiger partial charge in [0.05, 0.1) is 0 Å². The quantitative estimate of drug-likeness (QED) is 0.582. The monoisotopic (exact) mass is 167 g/mol. The van der Waals surface area contributed by atoms with Crippen molar-refractivity contribution >= 4 is 0 Å². The predicted octanol–water partition coefficient (Wildman–Crippen LogP) is 2.14. The number of hydrogen-bond donors (Lipinski definition) is 0. The minimum Gasteiger partial charge on any atom is -0.305 e. The van der Waals surface area contributed by atoms with Gasteiger partial charge in [0.1, 0.15) is 5.83 Å². The molecule has 12 heavy (non-hydrogen) atoms. The van der Waals surface area contributed by atoms with Crippen LogP contribution in [0.1, 0.15) is 0 Å². The van der Waals surface area contributed by atoms with E-state index in [9.17, 15) is 4.39 Å². The molecule has 0 saturated carbocycles. The van der Waals surface area contributed by atoms with E-state index < -0.39 is 5.83 Å². The summed E-state index contributed by atoms with van der Waals surface area (Å²) in [7, 11) is 2.06. The van der Waals surface area contributed by atoms with Crippen molar-refractivity contribution in [3.05, 3.63) is 36.7 Å². The second-order valence-electron chi connectivity index (χ2n) is 3.27. The smallest absolute Gasteiger partial charge is 0.116 e. The number of likely N-dealkylation sites (tertiary alicyclic amines) is 1. The van der Waals surface area contributed by atoms with Gasteiger partial charge in [-0.05, 0) is 18.7 Å². The van der Waals surface area contributed by atoms with Crippen molar-refractivity contribution < 1.29 is 4.39 Å². The lowest BCUT2D eigenvalue weighted by atomic mass is 9.92. The van der Waals surface area contributed by atoms with E-state index in [0.29, 0.717) is 5.92 Å². The zero-order chi connectivity index (χ0) is 9.14. The summed E-state index contributed by atoms with van der Waals surface area (Å²) in [5.41, 5.74) is 0.992. The van der Waals surface area contributed by atoms with E-state index in [-0.39, 0.29) is 0 Å².